The van der Waals surface area contributed by atoms with E-state index in [1.807, 2.05) is 36.4 Å². The summed E-state index contributed by atoms with van der Waals surface area (Å²) in [6.45, 7) is 0. The molecule has 0 radical (unpaired) electrons. The van der Waals surface area contributed by atoms with Gasteiger partial charge in [-0.2, -0.15) is 9.64 Å². The van der Waals surface area contributed by atoms with Crippen molar-refractivity contribution in [2.75, 3.05) is 5.32 Å². The normalized spacial score (nSPS) is 10.3. The van der Waals surface area contributed by atoms with Gasteiger partial charge >= 0.3 is 0 Å². The van der Waals surface area contributed by atoms with Crippen LogP contribution in [0.15, 0.2) is 38.9 Å². The molecule has 2 aromatic heterocycles. The van der Waals surface area contributed by atoms with Gasteiger partial charge in [-0.15, -0.1) is 10.2 Å². The summed E-state index contributed by atoms with van der Waals surface area (Å²) in [5.74, 6) is 0. The lowest BCUT2D eigenvalue weighted by atomic mass is 10.3. The van der Waals surface area contributed by atoms with E-state index in [4.69, 9.17) is 16.9 Å². The van der Waals surface area contributed by atoms with Crippen LogP contribution in [-0.2, 0) is 0 Å². The summed E-state index contributed by atoms with van der Waals surface area (Å²) in [7, 11) is 0. The zero-order valence-electron chi connectivity index (χ0n) is 10.3. The number of hydrogen-bond acceptors (Lipinski definition) is 8. The molecule has 0 fully saturated rings. The SMILES string of the molecule is N#Cc1c(Cl)nsc1Sc1nnc(Nc2ccccc2)s1. The zero-order chi connectivity index (χ0) is 14.7. The maximum absolute atomic E-state index is 9.04. The quantitative estimate of drug-likeness (QED) is 0.750. The Hall–Kier alpha value is -1.66. The zero-order valence-corrected chi connectivity index (χ0v) is 13.5. The Morgan fingerprint density at radius 1 is 1.24 bits per heavy atom. The third kappa shape index (κ3) is 3.33. The molecule has 0 saturated heterocycles. The predicted octanol–water partition coefficient (Wildman–Crippen LogP) is 4.41. The first-order chi connectivity index (χ1) is 10.3. The van der Waals surface area contributed by atoms with Gasteiger partial charge in [-0.05, 0) is 35.4 Å². The Kier molecular flexibility index (Phi) is 4.36. The van der Waals surface area contributed by atoms with Gasteiger partial charge in [0, 0.05) is 5.69 Å². The number of nitriles is 1. The molecule has 0 aliphatic carbocycles. The van der Waals surface area contributed by atoms with Crippen molar-refractivity contribution in [3.63, 3.8) is 0 Å². The summed E-state index contributed by atoms with van der Waals surface area (Å²) in [5, 5.41) is 21.3. The third-order valence-electron chi connectivity index (χ3n) is 2.34. The van der Waals surface area contributed by atoms with E-state index in [2.05, 4.69) is 19.9 Å². The highest BCUT2D eigenvalue weighted by Crippen LogP contribution is 2.38. The van der Waals surface area contributed by atoms with E-state index in [1.165, 1.54) is 34.6 Å². The second-order valence-corrected chi connectivity index (χ2v) is 7.34. The molecule has 104 valence electrons. The monoisotopic (exact) mass is 351 g/mol. The summed E-state index contributed by atoms with van der Waals surface area (Å²) < 4.78 is 5.42. The minimum absolute atomic E-state index is 0.233. The molecule has 3 rings (SSSR count). The standard InChI is InChI=1S/C12H6ClN5S3/c13-9-8(6-14)10(21-18-9)19-12-17-16-11(20-12)15-7-4-2-1-3-5-7/h1-5H,(H,15,16). The molecule has 1 aromatic carbocycles. The smallest absolute Gasteiger partial charge is 0.210 e. The molecule has 0 saturated carbocycles. The van der Waals surface area contributed by atoms with Crippen LogP contribution in [0.25, 0.3) is 0 Å². The second kappa shape index (κ2) is 6.41. The number of para-hydroxylation sites is 1. The molecule has 0 amide bonds. The number of halogens is 1. The van der Waals surface area contributed by atoms with Crippen LogP contribution in [0.1, 0.15) is 5.56 Å². The number of aromatic nitrogens is 3. The van der Waals surface area contributed by atoms with Gasteiger partial charge in [-0.25, -0.2) is 0 Å². The lowest BCUT2D eigenvalue weighted by Gasteiger charge is -1.99. The summed E-state index contributed by atoms with van der Waals surface area (Å²) in [6, 6.07) is 11.8. The van der Waals surface area contributed by atoms with Crippen molar-refractivity contribution in [2.24, 2.45) is 0 Å². The van der Waals surface area contributed by atoms with E-state index in [1.54, 1.807) is 0 Å². The maximum atomic E-state index is 9.04. The van der Waals surface area contributed by atoms with Crippen LogP contribution >= 0.6 is 46.2 Å². The Morgan fingerprint density at radius 3 is 2.81 bits per heavy atom. The van der Waals surface area contributed by atoms with Gasteiger partial charge in [0.2, 0.25) is 5.13 Å². The Morgan fingerprint density at radius 2 is 2.05 bits per heavy atom. The summed E-state index contributed by atoms with van der Waals surface area (Å²) in [5.41, 5.74) is 1.34. The molecule has 0 aliphatic rings. The van der Waals surface area contributed by atoms with Crippen molar-refractivity contribution in [3.8, 4) is 6.07 Å². The van der Waals surface area contributed by atoms with Crippen molar-refractivity contribution in [2.45, 2.75) is 8.55 Å². The lowest BCUT2D eigenvalue weighted by molar-refractivity contribution is 1.01. The Balaban J connectivity index is 1.75. The highest BCUT2D eigenvalue weighted by Gasteiger charge is 2.15. The molecule has 0 spiro atoms. The van der Waals surface area contributed by atoms with E-state index < -0.39 is 0 Å². The fraction of sp³-hybridized carbons (Fsp3) is 0. The molecule has 0 bridgehead atoms. The van der Waals surface area contributed by atoms with Gasteiger partial charge in [-0.1, -0.05) is 41.1 Å². The molecule has 0 aliphatic heterocycles. The van der Waals surface area contributed by atoms with Crippen LogP contribution < -0.4 is 5.32 Å². The van der Waals surface area contributed by atoms with Crippen LogP contribution in [-0.4, -0.2) is 14.6 Å². The number of nitrogens with zero attached hydrogens (tertiary/aromatic N) is 4. The molecule has 1 N–H and O–H groups in total. The van der Waals surface area contributed by atoms with E-state index >= 15 is 0 Å². The molecule has 5 nitrogen and oxygen atoms in total. The second-order valence-electron chi connectivity index (χ2n) is 3.71. The van der Waals surface area contributed by atoms with Gasteiger partial charge in [0.1, 0.15) is 15.8 Å². The number of nitrogens with one attached hydrogen (secondary N) is 1. The average Bonchev–Trinajstić information content (AvgIpc) is 3.07. The van der Waals surface area contributed by atoms with Crippen LogP contribution in [0.3, 0.4) is 0 Å². The van der Waals surface area contributed by atoms with Crippen molar-refractivity contribution in [1.82, 2.24) is 14.6 Å². The Labute approximate surface area is 137 Å². The highest BCUT2D eigenvalue weighted by atomic mass is 35.5. The average molecular weight is 352 g/mol. The molecule has 0 unspecified atom stereocenters. The molecule has 9 heteroatoms. The fourth-order valence-electron chi connectivity index (χ4n) is 1.44. The molecule has 2 heterocycles. The molecular formula is C12H6ClN5S3. The minimum atomic E-state index is 0.233. The van der Waals surface area contributed by atoms with E-state index in [-0.39, 0.29) is 5.15 Å². The number of rotatable bonds is 4. The number of hydrogen-bond donors (Lipinski definition) is 1. The van der Waals surface area contributed by atoms with Crippen LogP contribution in [0.5, 0.6) is 0 Å². The van der Waals surface area contributed by atoms with Crippen molar-refractivity contribution in [3.05, 3.63) is 41.0 Å². The van der Waals surface area contributed by atoms with E-state index in [0.29, 0.717) is 10.7 Å². The van der Waals surface area contributed by atoms with Crippen molar-refractivity contribution >= 4 is 57.1 Å². The minimum Gasteiger partial charge on any atom is -0.330 e. The predicted molar refractivity (Wildman–Crippen MR) is 85.6 cm³/mol. The van der Waals surface area contributed by atoms with Gasteiger partial charge < -0.3 is 5.32 Å². The first-order valence-corrected chi connectivity index (χ1v) is 8.43. The van der Waals surface area contributed by atoms with Crippen molar-refractivity contribution in [1.29, 1.82) is 5.26 Å². The largest absolute Gasteiger partial charge is 0.330 e. The lowest BCUT2D eigenvalue weighted by Crippen LogP contribution is -1.87. The maximum Gasteiger partial charge on any atom is 0.210 e. The summed E-state index contributed by atoms with van der Waals surface area (Å²) in [6.07, 6.45) is 0. The summed E-state index contributed by atoms with van der Waals surface area (Å²) in [4.78, 5) is 0. The topological polar surface area (TPSA) is 74.5 Å². The molecular weight excluding hydrogens is 346 g/mol. The van der Waals surface area contributed by atoms with Gasteiger partial charge in [0.15, 0.2) is 9.49 Å². The molecule has 21 heavy (non-hydrogen) atoms. The number of anilines is 2. The fourth-order valence-corrected chi connectivity index (χ4v) is 4.58. The number of benzene rings is 1. The van der Waals surface area contributed by atoms with Crippen LogP contribution in [0.4, 0.5) is 10.8 Å². The van der Waals surface area contributed by atoms with Crippen LogP contribution in [0.2, 0.25) is 5.15 Å². The third-order valence-corrected chi connectivity index (χ3v) is 5.61. The van der Waals surface area contributed by atoms with Crippen molar-refractivity contribution < 1.29 is 0 Å². The first kappa shape index (κ1) is 14.3. The molecule has 0 atom stereocenters. The van der Waals surface area contributed by atoms with Gasteiger partial charge in [-0.3, -0.25) is 0 Å². The first-order valence-electron chi connectivity index (χ1n) is 5.65. The highest BCUT2D eigenvalue weighted by molar-refractivity contribution is 8.02. The molecule has 3 aromatic rings. The summed E-state index contributed by atoms with van der Waals surface area (Å²) >= 11 is 9.78. The van der Waals surface area contributed by atoms with Gasteiger partial charge in [0.05, 0.1) is 0 Å². The van der Waals surface area contributed by atoms with Crippen LogP contribution in [0, 0.1) is 11.3 Å². The Bertz CT molecular complexity index is 793. The van der Waals surface area contributed by atoms with E-state index in [0.717, 1.165) is 14.2 Å². The van der Waals surface area contributed by atoms with Gasteiger partial charge in [0.25, 0.3) is 0 Å². The van der Waals surface area contributed by atoms with E-state index in [9.17, 15) is 0 Å².